The maximum absolute atomic E-state index is 13.6. The topological polar surface area (TPSA) is 55.0 Å². The molecule has 0 bridgehead atoms. The van der Waals surface area contributed by atoms with Gasteiger partial charge in [0.25, 0.3) is 0 Å². The van der Waals surface area contributed by atoms with Crippen molar-refractivity contribution in [3.63, 3.8) is 0 Å². The van der Waals surface area contributed by atoms with Gasteiger partial charge in [-0.1, -0.05) is 11.6 Å². The second kappa shape index (κ2) is 9.05. The highest BCUT2D eigenvalue weighted by Gasteiger charge is 2.23. The van der Waals surface area contributed by atoms with Gasteiger partial charge in [-0.3, -0.25) is 4.79 Å². The number of thiazole rings is 1. The van der Waals surface area contributed by atoms with Crippen LogP contribution in [-0.2, 0) is 6.42 Å². The Hall–Kier alpha value is -3.48. The Morgan fingerprint density at radius 1 is 1.09 bits per heavy atom. The smallest absolute Gasteiger partial charge is 0.197 e. The molecule has 0 aliphatic rings. The number of methoxy groups -OCH3 is 1. The first kappa shape index (κ1) is 22.3. The number of carbonyl (C=O) groups excluding carboxylic acids is 1. The van der Waals surface area contributed by atoms with Gasteiger partial charge in [-0.15, -0.1) is 11.3 Å². The number of aromatic nitrogens is 2. The molecule has 5 aromatic rings. The molecule has 4 nitrogen and oxygen atoms in total. The third-order valence-corrected chi connectivity index (χ3v) is 6.92. The van der Waals surface area contributed by atoms with E-state index in [9.17, 15) is 9.18 Å². The molecule has 3 aromatic carbocycles. The summed E-state index contributed by atoms with van der Waals surface area (Å²) in [6.45, 7) is 1.99. The zero-order valence-electron chi connectivity index (χ0n) is 18.5. The lowest BCUT2D eigenvalue weighted by molar-refractivity contribution is 0.103. The number of hydrogen-bond donors (Lipinski definition) is 1. The van der Waals surface area contributed by atoms with E-state index in [0.29, 0.717) is 28.3 Å². The summed E-state index contributed by atoms with van der Waals surface area (Å²) in [6, 6.07) is 16.9. The molecule has 0 aliphatic heterocycles. The molecule has 2 aromatic heterocycles. The molecule has 0 unspecified atom stereocenters. The molecule has 34 heavy (non-hydrogen) atoms. The fraction of sp³-hybridized carbons (Fsp3) is 0.111. The van der Waals surface area contributed by atoms with Crippen molar-refractivity contribution in [1.29, 1.82) is 0 Å². The summed E-state index contributed by atoms with van der Waals surface area (Å²) >= 11 is 7.56. The number of ketones is 1. The number of nitrogens with one attached hydrogen (secondary N) is 1. The van der Waals surface area contributed by atoms with Gasteiger partial charge in [-0.05, 0) is 73.2 Å². The summed E-state index contributed by atoms with van der Waals surface area (Å²) in [5.74, 6) is 0.102. The molecule has 0 saturated heterocycles. The molecule has 0 aliphatic carbocycles. The third-order valence-electron chi connectivity index (χ3n) is 5.82. The lowest BCUT2D eigenvalue weighted by Gasteiger charge is -2.11. The fourth-order valence-electron chi connectivity index (χ4n) is 4.12. The van der Waals surface area contributed by atoms with Crippen molar-refractivity contribution >= 4 is 39.6 Å². The van der Waals surface area contributed by atoms with Crippen LogP contribution in [0.15, 0.2) is 66.0 Å². The van der Waals surface area contributed by atoms with E-state index in [1.807, 2.05) is 18.4 Å². The third kappa shape index (κ3) is 4.11. The minimum Gasteiger partial charge on any atom is -0.496 e. The normalized spacial score (nSPS) is 11.2. The second-order valence-corrected chi connectivity index (χ2v) is 9.32. The lowest BCUT2D eigenvalue weighted by atomic mass is 9.95. The van der Waals surface area contributed by atoms with E-state index < -0.39 is 0 Å². The monoisotopic (exact) mass is 490 g/mol. The minimum absolute atomic E-state index is 0.134. The molecule has 0 spiro atoms. The Morgan fingerprint density at radius 3 is 2.53 bits per heavy atom. The Labute approximate surface area is 205 Å². The molecule has 2 heterocycles. The molecule has 1 N–H and O–H groups in total. The van der Waals surface area contributed by atoms with Crippen LogP contribution in [0.25, 0.3) is 22.2 Å². The van der Waals surface area contributed by atoms with E-state index in [-0.39, 0.29) is 11.6 Å². The standard InChI is InChI=1S/C27H20ClFN2O2S/c1-15-20(13-24-31-22(14-34-24)16-5-9-19(29)10-6-16)25-21(30-15)11-12-23(33-2)26(25)27(32)17-3-7-18(28)8-4-17/h3-12,14,30H,13H2,1-2H3. The number of hydrogen-bond acceptors (Lipinski definition) is 4. The molecule has 170 valence electrons. The maximum atomic E-state index is 13.6. The van der Waals surface area contributed by atoms with Gasteiger partial charge in [0.2, 0.25) is 0 Å². The molecule has 0 amide bonds. The summed E-state index contributed by atoms with van der Waals surface area (Å²) in [6.07, 6.45) is 0.547. The highest BCUT2D eigenvalue weighted by atomic mass is 35.5. The number of carbonyl (C=O) groups is 1. The summed E-state index contributed by atoms with van der Waals surface area (Å²) < 4.78 is 18.9. The molecular weight excluding hydrogens is 471 g/mol. The molecule has 5 rings (SSSR count). The summed E-state index contributed by atoms with van der Waals surface area (Å²) in [5, 5.41) is 4.26. The first-order valence-corrected chi connectivity index (χ1v) is 11.9. The van der Waals surface area contributed by atoms with Gasteiger partial charge in [0.05, 0.1) is 23.4 Å². The number of H-pyrrole nitrogens is 1. The average molecular weight is 491 g/mol. The van der Waals surface area contributed by atoms with Crippen molar-refractivity contribution in [2.75, 3.05) is 7.11 Å². The first-order valence-electron chi connectivity index (χ1n) is 10.6. The van der Waals surface area contributed by atoms with E-state index in [2.05, 4.69) is 4.98 Å². The summed E-state index contributed by atoms with van der Waals surface area (Å²) in [5.41, 5.74) is 5.52. The molecule has 0 saturated carbocycles. The van der Waals surface area contributed by atoms with Crippen molar-refractivity contribution in [3.8, 4) is 17.0 Å². The highest BCUT2D eigenvalue weighted by molar-refractivity contribution is 7.10. The van der Waals surface area contributed by atoms with E-state index in [0.717, 1.165) is 38.4 Å². The van der Waals surface area contributed by atoms with Crippen molar-refractivity contribution < 1.29 is 13.9 Å². The molecule has 0 atom stereocenters. The van der Waals surface area contributed by atoms with Gasteiger partial charge in [0.1, 0.15) is 11.6 Å². The van der Waals surface area contributed by atoms with E-state index in [1.165, 1.54) is 23.5 Å². The molecule has 0 fully saturated rings. The Morgan fingerprint density at radius 2 is 1.82 bits per heavy atom. The molecule has 7 heteroatoms. The zero-order valence-corrected chi connectivity index (χ0v) is 20.1. The molecule has 0 radical (unpaired) electrons. The summed E-state index contributed by atoms with van der Waals surface area (Å²) in [7, 11) is 1.56. The van der Waals surface area contributed by atoms with Gasteiger partial charge >= 0.3 is 0 Å². The van der Waals surface area contributed by atoms with Crippen molar-refractivity contribution in [2.24, 2.45) is 0 Å². The van der Waals surface area contributed by atoms with Gasteiger partial charge in [0, 0.05) is 44.5 Å². The second-order valence-electron chi connectivity index (χ2n) is 7.94. The average Bonchev–Trinajstić information content (AvgIpc) is 3.43. The van der Waals surface area contributed by atoms with Crippen LogP contribution in [0.1, 0.15) is 32.2 Å². The van der Waals surface area contributed by atoms with Gasteiger partial charge < -0.3 is 9.72 Å². The van der Waals surface area contributed by atoms with Gasteiger partial charge in [-0.25, -0.2) is 9.37 Å². The first-order chi connectivity index (χ1) is 16.4. The van der Waals surface area contributed by atoms with Crippen LogP contribution in [-0.4, -0.2) is 22.9 Å². The number of fused-ring (bicyclic) bond motifs is 1. The van der Waals surface area contributed by atoms with Crippen LogP contribution in [0.4, 0.5) is 4.39 Å². The van der Waals surface area contributed by atoms with Crippen LogP contribution in [0.3, 0.4) is 0 Å². The van der Waals surface area contributed by atoms with Crippen molar-refractivity contribution in [1.82, 2.24) is 9.97 Å². The number of ether oxygens (including phenoxy) is 1. The number of benzene rings is 3. The van der Waals surface area contributed by atoms with E-state index in [1.54, 1.807) is 49.6 Å². The quantitative estimate of drug-likeness (QED) is 0.255. The van der Waals surface area contributed by atoms with Crippen LogP contribution in [0.5, 0.6) is 5.75 Å². The minimum atomic E-state index is -0.277. The predicted molar refractivity (Wildman–Crippen MR) is 135 cm³/mol. The lowest BCUT2D eigenvalue weighted by Crippen LogP contribution is -2.06. The maximum Gasteiger partial charge on any atom is 0.197 e. The molecular formula is C27H20ClFN2O2S. The van der Waals surface area contributed by atoms with Crippen LogP contribution in [0, 0.1) is 12.7 Å². The van der Waals surface area contributed by atoms with Crippen molar-refractivity contribution in [2.45, 2.75) is 13.3 Å². The number of aryl methyl sites for hydroxylation is 1. The highest BCUT2D eigenvalue weighted by Crippen LogP contribution is 2.36. The summed E-state index contributed by atoms with van der Waals surface area (Å²) in [4.78, 5) is 21.8. The Balaban J connectivity index is 1.59. The zero-order chi connectivity index (χ0) is 23.8. The number of aromatic amines is 1. The van der Waals surface area contributed by atoms with Crippen molar-refractivity contribution in [3.05, 3.63) is 104 Å². The van der Waals surface area contributed by atoms with Crippen LogP contribution in [0.2, 0.25) is 5.02 Å². The predicted octanol–water partition coefficient (Wildman–Crippen LogP) is 7.22. The Bertz CT molecular complexity index is 1500. The largest absolute Gasteiger partial charge is 0.496 e. The van der Waals surface area contributed by atoms with Gasteiger partial charge in [-0.2, -0.15) is 0 Å². The van der Waals surface area contributed by atoms with E-state index >= 15 is 0 Å². The number of rotatable bonds is 6. The van der Waals surface area contributed by atoms with E-state index in [4.69, 9.17) is 21.3 Å². The Kier molecular flexibility index (Phi) is 5.94. The van der Waals surface area contributed by atoms with Crippen LogP contribution < -0.4 is 4.74 Å². The SMILES string of the molecule is COc1ccc2[nH]c(C)c(Cc3nc(-c4ccc(F)cc4)cs3)c2c1C(=O)c1ccc(Cl)cc1. The number of halogens is 2. The fourth-order valence-corrected chi connectivity index (χ4v) is 5.07. The van der Waals surface area contributed by atoms with Crippen LogP contribution >= 0.6 is 22.9 Å². The number of nitrogens with zero attached hydrogens (tertiary/aromatic N) is 1. The van der Waals surface area contributed by atoms with Gasteiger partial charge in [0.15, 0.2) is 5.78 Å².